The van der Waals surface area contributed by atoms with E-state index < -0.39 is 0 Å². The number of carbonyl (C=O) groups is 2. The first-order chi connectivity index (χ1) is 11.2. The van der Waals surface area contributed by atoms with Gasteiger partial charge in [-0.3, -0.25) is 9.59 Å². The first kappa shape index (κ1) is 21.0. The van der Waals surface area contributed by atoms with Crippen LogP contribution in [0.2, 0.25) is 0 Å². The maximum Gasteiger partial charge on any atom is 0.298 e. The number of anilines is 1. The van der Waals surface area contributed by atoms with Gasteiger partial charge in [-0.2, -0.15) is 4.98 Å². The maximum absolute atomic E-state index is 12.0. The number of benzene rings is 1. The highest BCUT2D eigenvalue weighted by Gasteiger charge is 2.24. The van der Waals surface area contributed by atoms with E-state index in [1.54, 1.807) is 4.90 Å². The molecule has 2 amide bonds. The van der Waals surface area contributed by atoms with E-state index in [0.29, 0.717) is 32.2 Å². The molecule has 1 aromatic carbocycles. The Morgan fingerprint density at radius 2 is 1.84 bits per heavy atom. The lowest BCUT2D eigenvalue weighted by Gasteiger charge is -2.33. The number of nitrogens with one attached hydrogen (secondary N) is 1. The van der Waals surface area contributed by atoms with Crippen molar-refractivity contribution < 1.29 is 14.0 Å². The lowest BCUT2D eigenvalue weighted by molar-refractivity contribution is -0.132. The van der Waals surface area contributed by atoms with Crippen LogP contribution >= 0.6 is 24.8 Å². The van der Waals surface area contributed by atoms with Gasteiger partial charge in [-0.15, -0.1) is 24.8 Å². The molecule has 1 saturated heterocycles. The van der Waals surface area contributed by atoms with E-state index in [4.69, 9.17) is 10.2 Å². The van der Waals surface area contributed by atoms with E-state index in [-0.39, 0.29) is 49.7 Å². The lowest BCUT2D eigenvalue weighted by Crippen LogP contribution is -2.51. The van der Waals surface area contributed by atoms with Crippen LogP contribution in [0.15, 0.2) is 28.7 Å². The van der Waals surface area contributed by atoms with Crippen molar-refractivity contribution in [2.75, 3.05) is 44.2 Å². The molecule has 0 spiro atoms. The second-order valence-electron chi connectivity index (χ2n) is 5.31. The van der Waals surface area contributed by atoms with Gasteiger partial charge in [0.2, 0.25) is 11.8 Å². The number of rotatable bonds is 4. The zero-order valence-corrected chi connectivity index (χ0v) is 15.1. The van der Waals surface area contributed by atoms with E-state index in [1.165, 1.54) is 0 Å². The van der Waals surface area contributed by atoms with Crippen molar-refractivity contribution in [3.05, 3.63) is 24.3 Å². The lowest BCUT2D eigenvalue weighted by atomic mass is 10.3. The second kappa shape index (κ2) is 9.45. The van der Waals surface area contributed by atoms with Crippen molar-refractivity contribution in [1.29, 1.82) is 0 Å². The average Bonchev–Trinajstić information content (AvgIpc) is 3.03. The normalized spacial score (nSPS) is 13.8. The van der Waals surface area contributed by atoms with E-state index in [1.807, 2.05) is 29.2 Å². The van der Waals surface area contributed by atoms with Crippen molar-refractivity contribution >= 4 is 53.7 Å². The van der Waals surface area contributed by atoms with Crippen LogP contribution in [-0.4, -0.2) is 61.0 Å². The van der Waals surface area contributed by atoms with Crippen LogP contribution in [0, 0.1) is 0 Å². The maximum atomic E-state index is 12.0. The van der Waals surface area contributed by atoms with Crippen molar-refractivity contribution in [3.63, 3.8) is 0 Å². The van der Waals surface area contributed by atoms with Gasteiger partial charge in [0, 0.05) is 26.2 Å². The van der Waals surface area contributed by atoms with Gasteiger partial charge in [0.1, 0.15) is 5.52 Å². The van der Waals surface area contributed by atoms with E-state index in [0.717, 1.165) is 11.1 Å². The van der Waals surface area contributed by atoms with Gasteiger partial charge in [-0.25, -0.2) is 0 Å². The fraction of sp³-hybridized carbons (Fsp3) is 0.400. The van der Waals surface area contributed by atoms with Gasteiger partial charge in [0.15, 0.2) is 5.58 Å². The number of carbonyl (C=O) groups excluding carboxylic acids is 2. The molecule has 1 aliphatic heterocycles. The molecule has 1 aliphatic rings. The Bertz CT molecular complexity index is 683. The largest absolute Gasteiger partial charge is 0.423 e. The fourth-order valence-electron chi connectivity index (χ4n) is 2.50. The summed E-state index contributed by atoms with van der Waals surface area (Å²) in [6.07, 6.45) is 0. The zero-order chi connectivity index (χ0) is 16.2. The first-order valence-electron chi connectivity index (χ1n) is 7.52. The molecule has 25 heavy (non-hydrogen) atoms. The van der Waals surface area contributed by atoms with Crippen LogP contribution in [0.25, 0.3) is 11.1 Å². The number of amides is 2. The summed E-state index contributed by atoms with van der Waals surface area (Å²) in [4.78, 5) is 31.3. The molecule has 2 aromatic rings. The summed E-state index contributed by atoms with van der Waals surface area (Å²) >= 11 is 0. The predicted molar refractivity (Wildman–Crippen MR) is 99.4 cm³/mol. The SMILES string of the molecule is Cl.Cl.NCC(=O)NCC(=O)N1CCN(c2nc3ccccc3o2)CC1. The fourth-order valence-corrected chi connectivity index (χ4v) is 2.50. The number of nitrogens with two attached hydrogens (primary N) is 1. The third-order valence-electron chi connectivity index (χ3n) is 3.81. The quantitative estimate of drug-likeness (QED) is 0.783. The summed E-state index contributed by atoms with van der Waals surface area (Å²) < 4.78 is 5.74. The third kappa shape index (κ3) is 4.97. The molecule has 0 saturated carbocycles. The van der Waals surface area contributed by atoms with Crippen molar-refractivity contribution in [2.24, 2.45) is 5.73 Å². The molecule has 1 fully saturated rings. The highest BCUT2D eigenvalue weighted by molar-refractivity contribution is 5.86. The molecule has 0 atom stereocenters. The van der Waals surface area contributed by atoms with Crippen molar-refractivity contribution in [2.45, 2.75) is 0 Å². The molecule has 0 unspecified atom stereocenters. The van der Waals surface area contributed by atoms with Crippen molar-refractivity contribution in [1.82, 2.24) is 15.2 Å². The Morgan fingerprint density at radius 3 is 2.48 bits per heavy atom. The smallest absolute Gasteiger partial charge is 0.298 e. The van der Waals surface area contributed by atoms with Gasteiger partial charge in [-0.1, -0.05) is 12.1 Å². The highest BCUT2D eigenvalue weighted by Crippen LogP contribution is 2.22. The number of aromatic nitrogens is 1. The molecule has 1 aromatic heterocycles. The Labute approximate surface area is 157 Å². The third-order valence-corrected chi connectivity index (χ3v) is 3.81. The van der Waals surface area contributed by atoms with Gasteiger partial charge < -0.3 is 25.3 Å². The Kier molecular flexibility index (Phi) is 7.95. The summed E-state index contributed by atoms with van der Waals surface area (Å²) in [6, 6.07) is 8.19. The van der Waals surface area contributed by atoms with E-state index in [9.17, 15) is 9.59 Å². The number of fused-ring (bicyclic) bond motifs is 1. The van der Waals surface area contributed by atoms with E-state index >= 15 is 0 Å². The van der Waals surface area contributed by atoms with Gasteiger partial charge in [-0.05, 0) is 12.1 Å². The number of hydrogen-bond donors (Lipinski definition) is 2. The number of hydrogen-bond acceptors (Lipinski definition) is 6. The number of nitrogens with zero attached hydrogens (tertiary/aromatic N) is 3. The monoisotopic (exact) mass is 389 g/mol. The summed E-state index contributed by atoms with van der Waals surface area (Å²) in [5.41, 5.74) is 6.77. The molecule has 3 N–H and O–H groups in total. The standard InChI is InChI=1S/C15H19N5O3.2ClH/c16-9-13(21)17-10-14(22)19-5-7-20(8-6-19)15-18-11-3-1-2-4-12(11)23-15;;/h1-4H,5-10,16H2,(H,17,21);2*1H. The average molecular weight is 390 g/mol. The molecule has 2 heterocycles. The van der Waals surface area contributed by atoms with Gasteiger partial charge in [0.05, 0.1) is 13.1 Å². The number of para-hydroxylation sites is 2. The van der Waals surface area contributed by atoms with Crippen LogP contribution in [0.5, 0.6) is 0 Å². The minimum atomic E-state index is -0.330. The topological polar surface area (TPSA) is 105 Å². The number of piperazine rings is 1. The second-order valence-corrected chi connectivity index (χ2v) is 5.31. The molecule has 0 radical (unpaired) electrons. The minimum Gasteiger partial charge on any atom is -0.423 e. The van der Waals surface area contributed by atoms with Gasteiger partial charge in [0.25, 0.3) is 6.01 Å². The summed E-state index contributed by atoms with van der Waals surface area (Å²) in [5.74, 6) is -0.438. The van der Waals surface area contributed by atoms with Crippen LogP contribution in [0.3, 0.4) is 0 Å². The molecular weight excluding hydrogens is 369 g/mol. The molecule has 138 valence electrons. The van der Waals surface area contributed by atoms with Gasteiger partial charge >= 0.3 is 0 Å². The molecule has 0 bridgehead atoms. The Hall–Kier alpha value is -2.03. The van der Waals surface area contributed by atoms with E-state index in [2.05, 4.69) is 10.3 Å². The van der Waals surface area contributed by atoms with Crippen molar-refractivity contribution in [3.8, 4) is 0 Å². The summed E-state index contributed by atoms with van der Waals surface area (Å²) in [6.45, 7) is 2.29. The summed E-state index contributed by atoms with van der Waals surface area (Å²) in [5, 5.41) is 2.49. The Balaban J connectivity index is 0.00000156. The zero-order valence-electron chi connectivity index (χ0n) is 13.5. The molecule has 3 rings (SSSR count). The minimum absolute atomic E-state index is 0. The van der Waals surface area contributed by atoms with Crippen LogP contribution in [0.4, 0.5) is 6.01 Å². The molecular formula is C15H21Cl2N5O3. The highest BCUT2D eigenvalue weighted by atomic mass is 35.5. The van der Waals surface area contributed by atoms with Crippen LogP contribution < -0.4 is 16.0 Å². The summed E-state index contributed by atoms with van der Waals surface area (Å²) in [7, 11) is 0. The molecule has 10 heteroatoms. The number of oxazole rings is 1. The van der Waals surface area contributed by atoms with Crippen LogP contribution in [-0.2, 0) is 9.59 Å². The molecule has 0 aliphatic carbocycles. The first-order valence-corrected chi connectivity index (χ1v) is 7.52. The van der Waals surface area contributed by atoms with Crippen LogP contribution in [0.1, 0.15) is 0 Å². The Morgan fingerprint density at radius 1 is 1.16 bits per heavy atom. The predicted octanol–water partition coefficient (Wildman–Crippen LogP) is 0.395. The number of halogens is 2. The molecule has 8 nitrogen and oxygen atoms in total.